The van der Waals surface area contributed by atoms with Gasteiger partial charge in [0, 0.05) is 45.1 Å². The zero-order valence-electron chi connectivity index (χ0n) is 17.6. The molecule has 164 valence electrons. The number of hydrogen-bond acceptors (Lipinski definition) is 4. The van der Waals surface area contributed by atoms with E-state index >= 15 is 0 Å². The molecule has 0 saturated carbocycles. The Hall–Kier alpha value is -2.30. The average Bonchev–Trinajstić information content (AvgIpc) is 3.29. The molecule has 1 saturated heterocycles. The highest BCUT2D eigenvalue weighted by Gasteiger charge is 2.23. The van der Waals surface area contributed by atoms with Crippen LogP contribution >= 0.6 is 24.0 Å². The molecule has 0 atom stereocenters. The second kappa shape index (κ2) is 12.4. The SMILES string of the molecule is CCOC(=O)N1CCC(NC(=NC)NCCc2ccc(-n3cccn3)cc2)CC1.I. The van der Waals surface area contributed by atoms with Crippen molar-refractivity contribution in [2.45, 2.75) is 32.2 Å². The number of nitrogens with one attached hydrogen (secondary N) is 2. The number of halogens is 1. The maximum Gasteiger partial charge on any atom is 0.409 e. The van der Waals surface area contributed by atoms with Crippen LogP contribution in [0.1, 0.15) is 25.3 Å². The van der Waals surface area contributed by atoms with Crippen molar-refractivity contribution in [1.82, 2.24) is 25.3 Å². The van der Waals surface area contributed by atoms with Crippen molar-refractivity contribution in [3.05, 3.63) is 48.3 Å². The van der Waals surface area contributed by atoms with E-state index in [2.05, 4.69) is 45.0 Å². The van der Waals surface area contributed by atoms with Crippen LogP contribution < -0.4 is 10.6 Å². The highest BCUT2D eigenvalue weighted by atomic mass is 127. The van der Waals surface area contributed by atoms with E-state index in [-0.39, 0.29) is 30.1 Å². The summed E-state index contributed by atoms with van der Waals surface area (Å²) in [5, 5.41) is 11.1. The molecular formula is C21H31IN6O2. The fraction of sp³-hybridized carbons (Fsp3) is 0.476. The summed E-state index contributed by atoms with van der Waals surface area (Å²) in [7, 11) is 1.78. The fourth-order valence-electron chi connectivity index (χ4n) is 3.37. The number of ether oxygens (including phenoxy) is 1. The van der Waals surface area contributed by atoms with Gasteiger partial charge in [-0.2, -0.15) is 5.10 Å². The van der Waals surface area contributed by atoms with Crippen LogP contribution in [0, 0.1) is 0 Å². The van der Waals surface area contributed by atoms with Gasteiger partial charge < -0.3 is 20.3 Å². The molecule has 1 aromatic heterocycles. The van der Waals surface area contributed by atoms with Crippen molar-refractivity contribution < 1.29 is 9.53 Å². The Bertz CT molecular complexity index is 786. The number of hydrogen-bond donors (Lipinski definition) is 2. The van der Waals surface area contributed by atoms with E-state index in [4.69, 9.17) is 4.74 Å². The van der Waals surface area contributed by atoms with Crippen LogP contribution in [-0.4, -0.2) is 66.1 Å². The monoisotopic (exact) mass is 526 g/mol. The molecule has 2 aromatic rings. The zero-order valence-corrected chi connectivity index (χ0v) is 19.9. The lowest BCUT2D eigenvalue weighted by Crippen LogP contribution is -2.50. The third-order valence-corrected chi connectivity index (χ3v) is 5.00. The zero-order chi connectivity index (χ0) is 20.5. The van der Waals surface area contributed by atoms with E-state index in [9.17, 15) is 4.79 Å². The Morgan fingerprint density at radius 3 is 2.60 bits per heavy atom. The van der Waals surface area contributed by atoms with Gasteiger partial charge in [-0.15, -0.1) is 24.0 Å². The van der Waals surface area contributed by atoms with E-state index in [1.54, 1.807) is 18.1 Å². The number of nitrogens with zero attached hydrogens (tertiary/aromatic N) is 4. The Morgan fingerprint density at radius 1 is 1.27 bits per heavy atom. The lowest BCUT2D eigenvalue weighted by Gasteiger charge is -2.32. The van der Waals surface area contributed by atoms with Crippen LogP contribution in [0.2, 0.25) is 0 Å². The average molecular weight is 526 g/mol. The first-order chi connectivity index (χ1) is 14.2. The number of piperidine rings is 1. The third kappa shape index (κ3) is 6.89. The molecule has 0 spiro atoms. The molecule has 30 heavy (non-hydrogen) atoms. The fourth-order valence-corrected chi connectivity index (χ4v) is 3.37. The van der Waals surface area contributed by atoms with Crippen molar-refractivity contribution in [2.75, 3.05) is 33.3 Å². The third-order valence-electron chi connectivity index (χ3n) is 5.00. The Balaban J connectivity index is 0.00000320. The van der Waals surface area contributed by atoms with Crippen LogP contribution in [0.4, 0.5) is 4.79 Å². The lowest BCUT2D eigenvalue weighted by molar-refractivity contribution is 0.0963. The number of carbonyl (C=O) groups is 1. The van der Waals surface area contributed by atoms with Gasteiger partial charge in [-0.1, -0.05) is 12.1 Å². The number of carbonyl (C=O) groups excluding carboxylic acids is 1. The Labute approximate surface area is 195 Å². The number of benzene rings is 1. The van der Waals surface area contributed by atoms with Crippen molar-refractivity contribution in [2.24, 2.45) is 4.99 Å². The Morgan fingerprint density at radius 2 is 2.00 bits per heavy atom. The first-order valence-electron chi connectivity index (χ1n) is 10.2. The minimum atomic E-state index is -0.216. The molecule has 0 aliphatic carbocycles. The van der Waals surface area contributed by atoms with E-state index in [0.29, 0.717) is 25.7 Å². The van der Waals surface area contributed by atoms with Crippen LogP contribution in [0.5, 0.6) is 0 Å². The summed E-state index contributed by atoms with van der Waals surface area (Å²) in [6.45, 7) is 4.45. The second-order valence-electron chi connectivity index (χ2n) is 6.97. The highest BCUT2D eigenvalue weighted by molar-refractivity contribution is 14.0. The van der Waals surface area contributed by atoms with E-state index in [1.165, 1.54) is 5.56 Å². The summed E-state index contributed by atoms with van der Waals surface area (Å²) in [4.78, 5) is 17.9. The van der Waals surface area contributed by atoms with Gasteiger partial charge in [-0.25, -0.2) is 9.48 Å². The minimum Gasteiger partial charge on any atom is -0.450 e. The molecule has 1 amide bonds. The summed E-state index contributed by atoms with van der Waals surface area (Å²) in [6.07, 6.45) is 6.16. The molecule has 3 rings (SSSR count). The number of amides is 1. The molecular weight excluding hydrogens is 495 g/mol. The smallest absolute Gasteiger partial charge is 0.409 e. The summed E-state index contributed by atoms with van der Waals surface area (Å²) in [5.74, 6) is 0.799. The van der Waals surface area contributed by atoms with Gasteiger partial charge in [0.1, 0.15) is 0 Å². The molecule has 1 aliphatic rings. The first kappa shape index (κ1) is 24.0. The Kier molecular flexibility index (Phi) is 9.92. The molecule has 9 heteroatoms. The van der Waals surface area contributed by atoms with Gasteiger partial charge in [0.15, 0.2) is 5.96 Å². The topological polar surface area (TPSA) is 83.8 Å². The van der Waals surface area contributed by atoms with Gasteiger partial charge in [0.05, 0.1) is 12.3 Å². The van der Waals surface area contributed by atoms with E-state index in [0.717, 1.165) is 37.5 Å². The summed E-state index contributed by atoms with van der Waals surface area (Å²) >= 11 is 0. The molecule has 8 nitrogen and oxygen atoms in total. The van der Waals surface area contributed by atoms with Crippen LogP contribution in [0.25, 0.3) is 5.69 Å². The quantitative estimate of drug-likeness (QED) is 0.344. The van der Waals surface area contributed by atoms with Crippen molar-refractivity contribution in [3.8, 4) is 5.69 Å². The standard InChI is InChI=1S/C21H30N6O2.HI/c1-3-29-21(28)26-15-10-18(11-16-26)25-20(22-2)23-13-9-17-5-7-19(8-6-17)27-14-4-12-24-27;/h4-8,12,14,18H,3,9-11,13,15-16H2,1-2H3,(H2,22,23,25);1H. The maximum atomic E-state index is 11.8. The van der Waals surface area contributed by atoms with Crippen molar-refractivity contribution in [3.63, 3.8) is 0 Å². The molecule has 1 aromatic carbocycles. The van der Waals surface area contributed by atoms with Crippen LogP contribution in [0.3, 0.4) is 0 Å². The number of rotatable bonds is 6. The maximum absolute atomic E-state index is 11.8. The van der Waals surface area contributed by atoms with Gasteiger partial charge in [-0.05, 0) is 49.9 Å². The molecule has 1 aliphatic heterocycles. The van der Waals surface area contributed by atoms with Crippen LogP contribution in [-0.2, 0) is 11.2 Å². The number of aromatic nitrogens is 2. The van der Waals surface area contributed by atoms with Gasteiger partial charge in [0.25, 0.3) is 0 Å². The molecule has 2 heterocycles. The first-order valence-corrected chi connectivity index (χ1v) is 10.2. The number of likely N-dealkylation sites (tertiary alicyclic amines) is 1. The number of guanidine groups is 1. The minimum absolute atomic E-state index is 0. The number of aliphatic imine (C=N–C) groups is 1. The van der Waals surface area contributed by atoms with Gasteiger partial charge >= 0.3 is 6.09 Å². The molecule has 0 bridgehead atoms. The highest BCUT2D eigenvalue weighted by Crippen LogP contribution is 2.12. The second-order valence-corrected chi connectivity index (χ2v) is 6.97. The predicted octanol–water partition coefficient (Wildman–Crippen LogP) is 2.82. The van der Waals surface area contributed by atoms with Gasteiger partial charge in [-0.3, -0.25) is 4.99 Å². The summed E-state index contributed by atoms with van der Waals surface area (Å²) in [5.41, 5.74) is 2.31. The van der Waals surface area contributed by atoms with E-state index < -0.39 is 0 Å². The largest absolute Gasteiger partial charge is 0.450 e. The van der Waals surface area contributed by atoms with Crippen molar-refractivity contribution in [1.29, 1.82) is 0 Å². The van der Waals surface area contributed by atoms with Crippen LogP contribution in [0.15, 0.2) is 47.7 Å². The van der Waals surface area contributed by atoms with Gasteiger partial charge in [0.2, 0.25) is 0 Å². The molecule has 0 unspecified atom stereocenters. The normalized spacial score (nSPS) is 14.7. The predicted molar refractivity (Wildman–Crippen MR) is 129 cm³/mol. The molecule has 0 radical (unpaired) electrons. The summed E-state index contributed by atoms with van der Waals surface area (Å²) in [6, 6.07) is 10.6. The van der Waals surface area contributed by atoms with Crippen molar-refractivity contribution >= 4 is 36.0 Å². The lowest BCUT2D eigenvalue weighted by atomic mass is 10.1. The molecule has 2 N–H and O–H groups in total. The molecule has 1 fully saturated rings. The summed E-state index contributed by atoms with van der Waals surface area (Å²) < 4.78 is 6.92. The van der Waals surface area contributed by atoms with E-state index in [1.807, 2.05) is 23.9 Å².